The van der Waals surface area contributed by atoms with E-state index >= 15 is 8.78 Å². The van der Waals surface area contributed by atoms with Crippen molar-refractivity contribution in [3.05, 3.63) is 46.1 Å². The molecular formula is C23H26F2N6O2S. The maximum atomic E-state index is 15.0. The van der Waals surface area contributed by atoms with Gasteiger partial charge in [0.2, 0.25) is 0 Å². The molecule has 5 rings (SSSR count). The molecule has 3 aromatic rings. The van der Waals surface area contributed by atoms with Gasteiger partial charge in [-0.05, 0) is 18.6 Å². The molecule has 34 heavy (non-hydrogen) atoms. The van der Waals surface area contributed by atoms with Gasteiger partial charge in [0.05, 0.1) is 29.3 Å². The van der Waals surface area contributed by atoms with Crippen LogP contribution in [0.2, 0.25) is 0 Å². The van der Waals surface area contributed by atoms with E-state index in [9.17, 15) is 4.79 Å². The molecule has 1 aromatic carbocycles. The number of ether oxygens (including phenoxy) is 1. The van der Waals surface area contributed by atoms with Crippen molar-refractivity contribution in [2.45, 2.75) is 32.0 Å². The Hall–Kier alpha value is -2.89. The van der Waals surface area contributed by atoms with Crippen LogP contribution in [-0.4, -0.2) is 60.8 Å². The van der Waals surface area contributed by atoms with E-state index in [0.29, 0.717) is 41.4 Å². The lowest BCUT2D eigenvalue weighted by Gasteiger charge is -2.43. The van der Waals surface area contributed by atoms with Crippen LogP contribution in [0.3, 0.4) is 0 Å². The fourth-order valence-electron chi connectivity index (χ4n) is 4.50. The largest absolute Gasteiger partial charge is 0.396 e. The van der Waals surface area contributed by atoms with Crippen molar-refractivity contribution >= 4 is 39.0 Å². The van der Waals surface area contributed by atoms with Gasteiger partial charge < -0.3 is 26.0 Å². The Morgan fingerprint density at radius 2 is 2.06 bits per heavy atom. The smallest absolute Gasteiger partial charge is 0.263 e. The summed E-state index contributed by atoms with van der Waals surface area (Å²) in [6.07, 6.45) is 1.51. The highest BCUT2D eigenvalue weighted by atomic mass is 32.1. The predicted molar refractivity (Wildman–Crippen MR) is 127 cm³/mol. The number of aromatic nitrogens is 2. The van der Waals surface area contributed by atoms with E-state index in [1.807, 2.05) is 11.8 Å². The molecular weight excluding hydrogens is 462 g/mol. The number of hydrogen-bond acceptors (Lipinski definition) is 8. The third-order valence-corrected chi connectivity index (χ3v) is 7.34. The zero-order valence-electron chi connectivity index (χ0n) is 18.9. The van der Waals surface area contributed by atoms with Crippen LogP contribution < -0.4 is 21.3 Å². The minimum Gasteiger partial charge on any atom is -0.396 e. The molecule has 2 saturated heterocycles. The number of fused-ring (bicyclic) bond motifs is 3. The summed E-state index contributed by atoms with van der Waals surface area (Å²) in [6, 6.07) is 2.48. The van der Waals surface area contributed by atoms with E-state index in [4.69, 9.17) is 10.5 Å². The monoisotopic (exact) mass is 488 g/mol. The molecule has 2 fully saturated rings. The van der Waals surface area contributed by atoms with Crippen molar-refractivity contribution < 1.29 is 18.3 Å². The lowest BCUT2D eigenvalue weighted by Crippen LogP contribution is -2.58. The Balaban J connectivity index is 1.28. The summed E-state index contributed by atoms with van der Waals surface area (Å²) >= 11 is 1.16. The van der Waals surface area contributed by atoms with Gasteiger partial charge in [0.15, 0.2) is 0 Å². The molecule has 2 unspecified atom stereocenters. The van der Waals surface area contributed by atoms with Crippen molar-refractivity contribution in [1.82, 2.24) is 20.6 Å². The number of amides is 1. The normalized spacial score (nSPS) is 21.0. The van der Waals surface area contributed by atoms with Gasteiger partial charge >= 0.3 is 0 Å². The Labute approximate surface area is 199 Å². The molecule has 180 valence electrons. The molecule has 0 aliphatic carbocycles. The van der Waals surface area contributed by atoms with Gasteiger partial charge in [-0.3, -0.25) is 4.79 Å². The summed E-state index contributed by atoms with van der Waals surface area (Å²) in [7, 11) is 0. The number of halogens is 2. The number of carbonyl (C=O) groups excluding carboxylic acids is 1. The van der Waals surface area contributed by atoms with Gasteiger partial charge in [-0.25, -0.2) is 18.7 Å². The quantitative estimate of drug-likeness (QED) is 0.507. The summed E-state index contributed by atoms with van der Waals surface area (Å²) in [6.45, 7) is 6.07. The highest BCUT2D eigenvalue weighted by molar-refractivity contribution is 7.21. The van der Waals surface area contributed by atoms with Crippen LogP contribution in [0.4, 0.5) is 20.2 Å². The van der Waals surface area contributed by atoms with Crippen LogP contribution in [0, 0.1) is 18.6 Å². The van der Waals surface area contributed by atoms with E-state index in [1.165, 1.54) is 12.1 Å². The first-order chi connectivity index (χ1) is 16.3. The summed E-state index contributed by atoms with van der Waals surface area (Å²) in [5, 5.41) is 6.07. The van der Waals surface area contributed by atoms with Gasteiger partial charge in [0.25, 0.3) is 5.91 Å². The van der Waals surface area contributed by atoms with Crippen molar-refractivity contribution in [3.8, 4) is 0 Å². The number of carbonyl (C=O) groups is 1. The topological polar surface area (TPSA) is 105 Å². The molecule has 2 aliphatic rings. The first-order valence-electron chi connectivity index (χ1n) is 11.2. The fraction of sp³-hybridized carbons (Fsp3) is 0.435. The maximum Gasteiger partial charge on any atom is 0.263 e. The molecule has 2 bridgehead atoms. The zero-order chi connectivity index (χ0) is 24.0. The second-order valence-electron chi connectivity index (χ2n) is 8.89. The van der Waals surface area contributed by atoms with Gasteiger partial charge in [-0.15, -0.1) is 11.3 Å². The number of hydrogen-bond donors (Lipinski definition) is 3. The van der Waals surface area contributed by atoms with Crippen molar-refractivity contribution in [2.24, 2.45) is 0 Å². The SMILES string of the molecule is Cc1cnc2c(N)c(C(=O)NC[C@H](C)c3cc(F)c(N4CC5CNCC(C4)O5)cc3F)sc2n1. The predicted octanol–water partition coefficient (Wildman–Crippen LogP) is 2.57. The molecule has 2 aromatic heterocycles. The molecule has 4 heterocycles. The number of morpholine rings is 2. The van der Waals surface area contributed by atoms with Crippen LogP contribution in [0.1, 0.15) is 33.8 Å². The van der Waals surface area contributed by atoms with Crippen molar-refractivity contribution in [2.75, 3.05) is 43.4 Å². The highest BCUT2D eigenvalue weighted by Gasteiger charge is 2.32. The van der Waals surface area contributed by atoms with Gasteiger partial charge in [0.1, 0.15) is 26.9 Å². The summed E-state index contributed by atoms with van der Waals surface area (Å²) in [5.74, 6) is -1.82. The summed E-state index contributed by atoms with van der Waals surface area (Å²) < 4.78 is 35.9. The molecule has 0 spiro atoms. The van der Waals surface area contributed by atoms with Crippen LogP contribution in [-0.2, 0) is 4.74 Å². The zero-order valence-corrected chi connectivity index (χ0v) is 19.7. The maximum absolute atomic E-state index is 15.0. The summed E-state index contributed by atoms with van der Waals surface area (Å²) in [5.41, 5.74) is 8.03. The number of nitrogens with two attached hydrogens (primary N) is 1. The second-order valence-corrected chi connectivity index (χ2v) is 9.89. The van der Waals surface area contributed by atoms with Gasteiger partial charge in [-0.1, -0.05) is 6.92 Å². The van der Waals surface area contributed by atoms with E-state index in [2.05, 4.69) is 20.6 Å². The summed E-state index contributed by atoms with van der Waals surface area (Å²) in [4.78, 5) is 24.1. The third-order valence-electron chi connectivity index (χ3n) is 6.25. The number of nitrogen functional groups attached to an aromatic ring is 1. The van der Waals surface area contributed by atoms with Crippen LogP contribution in [0.25, 0.3) is 10.3 Å². The Morgan fingerprint density at radius 3 is 2.79 bits per heavy atom. The lowest BCUT2D eigenvalue weighted by molar-refractivity contribution is -0.0485. The first-order valence-corrected chi connectivity index (χ1v) is 12.0. The molecule has 4 N–H and O–H groups in total. The van der Waals surface area contributed by atoms with E-state index in [-0.39, 0.29) is 35.7 Å². The highest BCUT2D eigenvalue weighted by Crippen LogP contribution is 2.32. The first kappa shape index (κ1) is 22.9. The number of benzene rings is 1. The number of aryl methyl sites for hydroxylation is 1. The average molecular weight is 489 g/mol. The standard InChI is InChI=1S/C23H26F2N6O2S/c1-11(5-29-22(32)21-19(26)20-23(34-21)30-12(2)6-28-20)15-3-17(25)18(4-16(15)24)31-9-13-7-27-8-14(10-31)33-13/h3-4,6,11,13-14,27H,5,7-10,26H2,1-2H3,(H,29,32)/t11-,13?,14?/m0/s1. The van der Waals surface area contributed by atoms with Crippen LogP contribution in [0.5, 0.6) is 0 Å². The van der Waals surface area contributed by atoms with Crippen molar-refractivity contribution in [3.63, 3.8) is 0 Å². The molecule has 11 heteroatoms. The lowest BCUT2D eigenvalue weighted by atomic mass is 9.99. The van der Waals surface area contributed by atoms with Crippen LogP contribution in [0.15, 0.2) is 18.3 Å². The molecule has 3 atom stereocenters. The van der Waals surface area contributed by atoms with E-state index in [0.717, 1.165) is 17.0 Å². The van der Waals surface area contributed by atoms with E-state index < -0.39 is 23.5 Å². The molecule has 8 nitrogen and oxygen atoms in total. The second kappa shape index (κ2) is 9.05. The molecule has 2 aliphatic heterocycles. The number of rotatable bonds is 5. The Morgan fingerprint density at radius 1 is 1.32 bits per heavy atom. The molecule has 0 saturated carbocycles. The number of thiophene rings is 1. The van der Waals surface area contributed by atoms with Crippen LogP contribution >= 0.6 is 11.3 Å². The van der Waals surface area contributed by atoms with Gasteiger partial charge in [-0.2, -0.15) is 0 Å². The average Bonchev–Trinajstić information content (AvgIpc) is 3.13. The number of anilines is 2. The Kier molecular flexibility index (Phi) is 6.09. The Bertz CT molecular complexity index is 1240. The number of nitrogens with zero attached hydrogens (tertiary/aromatic N) is 3. The minimum absolute atomic E-state index is 0.0422. The van der Waals surface area contributed by atoms with Gasteiger partial charge in [0, 0.05) is 50.9 Å². The molecule has 1 amide bonds. The molecule has 0 radical (unpaired) electrons. The fourth-order valence-corrected chi connectivity index (χ4v) is 5.51. The number of nitrogens with one attached hydrogen (secondary N) is 2. The van der Waals surface area contributed by atoms with Crippen molar-refractivity contribution in [1.29, 1.82) is 0 Å². The third kappa shape index (κ3) is 4.30. The minimum atomic E-state index is -0.502. The van der Waals surface area contributed by atoms with E-state index in [1.54, 1.807) is 13.1 Å².